The number of hydrogen-bond donors (Lipinski definition) is 2. The number of rotatable bonds is 7. The first-order chi connectivity index (χ1) is 9.49. The molecule has 0 radical (unpaired) electrons. The van der Waals surface area contributed by atoms with Crippen LogP contribution in [0.5, 0.6) is 5.75 Å². The summed E-state index contributed by atoms with van der Waals surface area (Å²) in [5.74, 6) is 0.476. The van der Waals surface area contributed by atoms with E-state index in [4.69, 9.17) is 27.9 Å². The van der Waals surface area contributed by atoms with Gasteiger partial charge in [-0.2, -0.15) is 0 Å². The molecule has 0 unspecified atom stereocenters. The minimum Gasteiger partial charge on any atom is -0.472 e. The summed E-state index contributed by atoms with van der Waals surface area (Å²) < 4.78 is 5.34. The van der Waals surface area contributed by atoms with Crippen molar-refractivity contribution in [3.63, 3.8) is 0 Å². The first-order valence-electron chi connectivity index (χ1n) is 6.23. The van der Waals surface area contributed by atoms with Gasteiger partial charge in [0.25, 0.3) is 0 Å². The van der Waals surface area contributed by atoms with Crippen LogP contribution in [0, 0.1) is 0 Å². The summed E-state index contributed by atoms with van der Waals surface area (Å²) in [5, 5.41) is 6.26. The first kappa shape index (κ1) is 16.9. The molecule has 1 aromatic carbocycles. The minimum absolute atomic E-state index is 0.0425. The van der Waals surface area contributed by atoms with Crippen LogP contribution in [0.3, 0.4) is 0 Å². The maximum Gasteiger partial charge on any atom is 0.317 e. The average Bonchev–Trinajstić information content (AvgIpc) is 2.37. The fraction of sp³-hybridized carbons (Fsp3) is 0.462. The first-order valence-corrected chi connectivity index (χ1v) is 6.99. The third-order valence-electron chi connectivity index (χ3n) is 2.42. The number of carbonyl (C=O) groups excluding carboxylic acids is 1. The third kappa shape index (κ3) is 6.84. The Bertz CT molecular complexity index is 442. The Balaban J connectivity index is 2.18. The summed E-state index contributed by atoms with van der Waals surface area (Å²) in [5.41, 5.74) is 0. The van der Waals surface area contributed by atoms with E-state index < -0.39 is 0 Å². The molecule has 0 saturated carbocycles. The zero-order chi connectivity index (χ0) is 15.0. The molecule has 20 heavy (non-hydrogen) atoms. The van der Waals surface area contributed by atoms with E-state index in [0.29, 0.717) is 22.3 Å². The molecule has 0 saturated heterocycles. The second-order valence-corrected chi connectivity index (χ2v) is 5.30. The highest BCUT2D eigenvalue weighted by Gasteiger charge is 2.03. The molecular formula is C13H19Cl2N3O2. The van der Waals surface area contributed by atoms with E-state index in [1.807, 2.05) is 14.1 Å². The molecule has 0 spiro atoms. The van der Waals surface area contributed by atoms with Crippen LogP contribution in [0.4, 0.5) is 4.79 Å². The smallest absolute Gasteiger partial charge is 0.317 e. The summed E-state index contributed by atoms with van der Waals surface area (Å²) in [6.07, 6.45) is 0.893. The van der Waals surface area contributed by atoms with E-state index in [0.717, 1.165) is 13.0 Å². The second-order valence-electron chi connectivity index (χ2n) is 4.45. The molecule has 2 amide bonds. The van der Waals surface area contributed by atoms with Crippen molar-refractivity contribution < 1.29 is 9.53 Å². The van der Waals surface area contributed by atoms with Crippen LogP contribution in [0.1, 0.15) is 6.42 Å². The number of carbonyl (C=O) groups is 1. The molecule has 0 aliphatic rings. The zero-order valence-electron chi connectivity index (χ0n) is 11.6. The molecule has 0 aliphatic heterocycles. The molecule has 0 bridgehead atoms. The van der Waals surface area contributed by atoms with Crippen LogP contribution in [0.2, 0.25) is 10.0 Å². The summed E-state index contributed by atoms with van der Waals surface area (Å²) >= 11 is 11.7. The lowest BCUT2D eigenvalue weighted by atomic mass is 10.3. The van der Waals surface area contributed by atoms with Crippen LogP contribution >= 0.6 is 23.2 Å². The van der Waals surface area contributed by atoms with Crippen molar-refractivity contribution in [2.75, 3.05) is 33.9 Å². The van der Waals surface area contributed by atoms with Crippen molar-refractivity contribution in [1.29, 1.82) is 0 Å². The number of nitrogens with one attached hydrogen (secondary N) is 2. The van der Waals surface area contributed by atoms with Crippen molar-refractivity contribution in [1.82, 2.24) is 15.5 Å². The molecule has 0 fully saturated rings. The SMILES string of the molecule is CN(C)CCCNC(=O)NCOc1ccc(Cl)cc1Cl. The summed E-state index contributed by atoms with van der Waals surface area (Å²) in [7, 11) is 3.98. The predicted octanol–water partition coefficient (Wildman–Crippen LogP) is 2.58. The van der Waals surface area contributed by atoms with Crippen LogP contribution in [0.15, 0.2) is 18.2 Å². The molecule has 0 heterocycles. The van der Waals surface area contributed by atoms with Gasteiger partial charge in [0.15, 0.2) is 6.73 Å². The third-order valence-corrected chi connectivity index (χ3v) is 2.95. The van der Waals surface area contributed by atoms with E-state index in [2.05, 4.69) is 15.5 Å². The van der Waals surface area contributed by atoms with Gasteiger partial charge in [-0.25, -0.2) is 4.79 Å². The Labute approximate surface area is 129 Å². The molecule has 0 atom stereocenters. The number of hydrogen-bond acceptors (Lipinski definition) is 3. The maximum atomic E-state index is 11.4. The van der Waals surface area contributed by atoms with Gasteiger partial charge in [0, 0.05) is 11.6 Å². The molecule has 1 rings (SSSR count). The van der Waals surface area contributed by atoms with E-state index in [-0.39, 0.29) is 12.8 Å². The van der Waals surface area contributed by atoms with Gasteiger partial charge in [-0.15, -0.1) is 0 Å². The van der Waals surface area contributed by atoms with Crippen LogP contribution in [0.25, 0.3) is 0 Å². The normalized spacial score (nSPS) is 10.4. The van der Waals surface area contributed by atoms with Gasteiger partial charge in [0.05, 0.1) is 5.02 Å². The highest BCUT2D eigenvalue weighted by Crippen LogP contribution is 2.27. The molecule has 2 N–H and O–H groups in total. The predicted molar refractivity (Wildman–Crippen MR) is 81.7 cm³/mol. The Morgan fingerprint density at radius 2 is 2.05 bits per heavy atom. The minimum atomic E-state index is -0.270. The van der Waals surface area contributed by atoms with Crippen molar-refractivity contribution in [2.24, 2.45) is 0 Å². The van der Waals surface area contributed by atoms with Gasteiger partial charge in [0.2, 0.25) is 0 Å². The Morgan fingerprint density at radius 3 is 2.70 bits per heavy atom. The molecule has 0 aliphatic carbocycles. The van der Waals surface area contributed by atoms with E-state index in [1.54, 1.807) is 18.2 Å². The van der Waals surface area contributed by atoms with Gasteiger partial charge >= 0.3 is 6.03 Å². The monoisotopic (exact) mass is 319 g/mol. The number of amides is 2. The van der Waals surface area contributed by atoms with Crippen molar-refractivity contribution in [2.45, 2.75) is 6.42 Å². The molecule has 0 aromatic heterocycles. The Morgan fingerprint density at radius 1 is 1.30 bits per heavy atom. The van der Waals surface area contributed by atoms with Gasteiger partial charge < -0.3 is 20.3 Å². The van der Waals surface area contributed by atoms with Crippen molar-refractivity contribution in [3.8, 4) is 5.75 Å². The molecular weight excluding hydrogens is 301 g/mol. The van der Waals surface area contributed by atoms with Crippen LogP contribution in [-0.4, -0.2) is 44.8 Å². The summed E-state index contributed by atoms with van der Waals surface area (Å²) in [6.45, 7) is 1.59. The molecule has 1 aromatic rings. The lowest BCUT2D eigenvalue weighted by Gasteiger charge is -2.12. The average molecular weight is 320 g/mol. The zero-order valence-corrected chi connectivity index (χ0v) is 13.1. The largest absolute Gasteiger partial charge is 0.472 e. The van der Waals surface area contributed by atoms with E-state index >= 15 is 0 Å². The van der Waals surface area contributed by atoms with Crippen molar-refractivity contribution in [3.05, 3.63) is 28.2 Å². The lowest BCUT2D eigenvalue weighted by Crippen LogP contribution is -2.38. The standard InChI is InChI=1S/C13H19Cl2N3O2/c1-18(2)7-3-6-16-13(19)17-9-20-12-5-4-10(14)8-11(12)15/h4-5,8H,3,6-7,9H2,1-2H3,(H2,16,17,19). The maximum absolute atomic E-state index is 11.4. The number of nitrogens with zero attached hydrogens (tertiary/aromatic N) is 1. The number of halogens is 2. The number of urea groups is 1. The highest BCUT2D eigenvalue weighted by atomic mass is 35.5. The Hall–Kier alpha value is -1.17. The fourth-order valence-electron chi connectivity index (χ4n) is 1.43. The summed E-state index contributed by atoms with van der Waals surface area (Å²) in [4.78, 5) is 13.5. The molecule has 112 valence electrons. The van der Waals surface area contributed by atoms with Crippen LogP contribution in [-0.2, 0) is 0 Å². The number of ether oxygens (including phenoxy) is 1. The van der Waals surface area contributed by atoms with E-state index in [1.165, 1.54) is 0 Å². The van der Waals surface area contributed by atoms with Crippen molar-refractivity contribution >= 4 is 29.2 Å². The van der Waals surface area contributed by atoms with Gasteiger partial charge in [0.1, 0.15) is 5.75 Å². The second kappa shape index (κ2) is 8.89. The van der Waals surface area contributed by atoms with Gasteiger partial charge in [-0.05, 0) is 45.3 Å². The highest BCUT2D eigenvalue weighted by molar-refractivity contribution is 6.35. The lowest BCUT2D eigenvalue weighted by molar-refractivity contribution is 0.223. The molecule has 5 nitrogen and oxygen atoms in total. The van der Waals surface area contributed by atoms with E-state index in [9.17, 15) is 4.79 Å². The fourth-order valence-corrected chi connectivity index (χ4v) is 1.89. The number of benzene rings is 1. The quantitative estimate of drug-likeness (QED) is 0.600. The Kier molecular flexibility index (Phi) is 7.51. The molecule has 7 heteroatoms. The van der Waals surface area contributed by atoms with Crippen LogP contribution < -0.4 is 15.4 Å². The van der Waals surface area contributed by atoms with Gasteiger partial charge in [-0.1, -0.05) is 23.2 Å². The topological polar surface area (TPSA) is 53.6 Å². The summed E-state index contributed by atoms with van der Waals surface area (Å²) in [6, 6.07) is 4.64. The van der Waals surface area contributed by atoms with Gasteiger partial charge in [-0.3, -0.25) is 0 Å².